The summed E-state index contributed by atoms with van der Waals surface area (Å²) in [6.45, 7) is 2.84. The zero-order valence-corrected chi connectivity index (χ0v) is 7.75. The van der Waals surface area contributed by atoms with Gasteiger partial charge < -0.3 is 14.5 Å². The van der Waals surface area contributed by atoms with Crippen molar-refractivity contribution < 1.29 is 23.9 Å². The van der Waals surface area contributed by atoms with Crippen LogP contribution >= 0.6 is 7.60 Å². The molecule has 12 heavy (non-hydrogen) atoms. The van der Waals surface area contributed by atoms with Crippen LogP contribution in [-0.2, 0) is 13.9 Å². The summed E-state index contributed by atoms with van der Waals surface area (Å²) in [6, 6.07) is 0. The molecule has 0 saturated heterocycles. The molecule has 0 aromatic rings. The average molecular weight is 194 g/mol. The first-order chi connectivity index (χ1) is 5.39. The summed E-state index contributed by atoms with van der Waals surface area (Å²) in [5.74, 6) is -0.511. The predicted octanol–water partition coefficient (Wildman–Crippen LogP) is 1.20. The normalized spacial score (nSPS) is 17.1. The van der Waals surface area contributed by atoms with Gasteiger partial charge in [-0.3, -0.25) is 4.57 Å². The molecule has 0 aromatic heterocycles. The Hall–Kier alpha value is -0.640. The van der Waals surface area contributed by atoms with E-state index >= 15 is 0 Å². The van der Waals surface area contributed by atoms with Crippen molar-refractivity contribution in [2.45, 2.75) is 13.8 Å². The number of hydrogen-bond donors (Lipinski definition) is 2. The van der Waals surface area contributed by atoms with E-state index < -0.39 is 13.6 Å². The molecule has 1 atom stereocenters. The van der Waals surface area contributed by atoms with Crippen molar-refractivity contribution in [2.75, 3.05) is 6.61 Å². The summed E-state index contributed by atoms with van der Waals surface area (Å²) in [6.07, 6.45) is 0. The van der Waals surface area contributed by atoms with E-state index in [4.69, 9.17) is 10.00 Å². The van der Waals surface area contributed by atoms with Gasteiger partial charge in [0.25, 0.3) is 0 Å². The van der Waals surface area contributed by atoms with Crippen LogP contribution in [0.25, 0.3) is 0 Å². The van der Waals surface area contributed by atoms with Gasteiger partial charge in [-0.15, -0.1) is 0 Å². The van der Waals surface area contributed by atoms with Gasteiger partial charge >= 0.3 is 13.6 Å². The zero-order chi connectivity index (χ0) is 9.78. The van der Waals surface area contributed by atoms with Gasteiger partial charge in [-0.05, 0) is 13.8 Å². The van der Waals surface area contributed by atoms with E-state index in [1.54, 1.807) is 6.92 Å². The first kappa shape index (κ1) is 11.4. The van der Waals surface area contributed by atoms with Gasteiger partial charge in [-0.25, -0.2) is 4.79 Å². The summed E-state index contributed by atoms with van der Waals surface area (Å²) >= 11 is 0. The fraction of sp³-hybridized carbons (Fsp3) is 0.500. The Kier molecular flexibility index (Phi) is 4.17. The summed E-state index contributed by atoms with van der Waals surface area (Å²) in [7, 11) is -3.85. The molecule has 0 bridgehead atoms. The molecule has 6 heteroatoms. The highest BCUT2D eigenvalue weighted by atomic mass is 31.2. The molecule has 0 aromatic carbocycles. The van der Waals surface area contributed by atoms with Crippen molar-refractivity contribution in [3.63, 3.8) is 0 Å². The summed E-state index contributed by atoms with van der Waals surface area (Å²) in [4.78, 5) is 19.2. The van der Waals surface area contributed by atoms with Crippen LogP contribution in [0.5, 0.6) is 0 Å². The third-order valence-corrected chi connectivity index (χ3v) is 2.35. The molecule has 0 fully saturated rings. The van der Waals surface area contributed by atoms with E-state index in [0.29, 0.717) is 0 Å². The lowest BCUT2D eigenvalue weighted by Gasteiger charge is -2.05. The minimum atomic E-state index is -3.85. The third kappa shape index (κ3) is 4.28. The van der Waals surface area contributed by atoms with E-state index in [9.17, 15) is 9.36 Å². The lowest BCUT2D eigenvalue weighted by atomic mass is 10.4. The molecule has 0 amide bonds. The number of aliphatic carboxylic acids is 1. The van der Waals surface area contributed by atoms with Gasteiger partial charge in [0, 0.05) is 11.4 Å². The maximum atomic E-state index is 10.9. The number of hydrogen-bond acceptors (Lipinski definition) is 3. The highest BCUT2D eigenvalue weighted by molar-refractivity contribution is 7.56. The van der Waals surface area contributed by atoms with Crippen molar-refractivity contribution in [3.05, 3.63) is 11.4 Å². The van der Waals surface area contributed by atoms with E-state index in [1.807, 2.05) is 0 Å². The van der Waals surface area contributed by atoms with Crippen molar-refractivity contribution in [3.8, 4) is 0 Å². The Labute approximate surface area is 70.2 Å². The van der Waals surface area contributed by atoms with Gasteiger partial charge in [0.2, 0.25) is 0 Å². The number of carbonyl (C=O) groups is 1. The van der Waals surface area contributed by atoms with E-state index in [2.05, 4.69) is 4.52 Å². The number of carboxylic acids is 1. The molecular formula is C6H11O5P. The molecule has 0 radical (unpaired) electrons. The molecule has 0 aliphatic carbocycles. The SMILES string of the molecule is CCOP(=O)(O)C=C(C)C(=O)O. The maximum Gasteiger partial charge on any atom is 0.352 e. The van der Waals surface area contributed by atoms with Crippen LogP contribution in [-0.4, -0.2) is 22.6 Å². The molecular weight excluding hydrogens is 183 g/mol. The minimum absolute atomic E-state index is 0.0666. The molecule has 70 valence electrons. The second-order valence-corrected chi connectivity index (χ2v) is 3.74. The second kappa shape index (κ2) is 4.40. The fourth-order valence-corrected chi connectivity index (χ4v) is 1.57. The Morgan fingerprint density at radius 3 is 2.50 bits per heavy atom. The van der Waals surface area contributed by atoms with Gasteiger partial charge in [-0.2, -0.15) is 0 Å². The van der Waals surface area contributed by atoms with E-state index in [1.165, 1.54) is 6.92 Å². The van der Waals surface area contributed by atoms with Crippen molar-refractivity contribution in [1.29, 1.82) is 0 Å². The Bertz CT molecular complexity index is 244. The van der Waals surface area contributed by atoms with Gasteiger partial charge in [0.05, 0.1) is 6.61 Å². The van der Waals surface area contributed by atoms with Crippen LogP contribution in [0.3, 0.4) is 0 Å². The first-order valence-electron chi connectivity index (χ1n) is 3.29. The minimum Gasteiger partial charge on any atom is -0.478 e. The monoisotopic (exact) mass is 194 g/mol. The van der Waals surface area contributed by atoms with Crippen molar-refractivity contribution >= 4 is 13.6 Å². The molecule has 0 aliphatic rings. The molecule has 5 nitrogen and oxygen atoms in total. The molecule has 1 unspecified atom stereocenters. The topological polar surface area (TPSA) is 83.8 Å². The van der Waals surface area contributed by atoms with Crippen molar-refractivity contribution in [1.82, 2.24) is 0 Å². The third-order valence-electron chi connectivity index (χ3n) is 1.01. The number of carboxylic acid groups (broad SMARTS) is 1. The van der Waals surface area contributed by atoms with Crippen LogP contribution in [0.15, 0.2) is 11.4 Å². The second-order valence-electron chi connectivity index (χ2n) is 2.10. The predicted molar refractivity (Wildman–Crippen MR) is 42.8 cm³/mol. The quantitative estimate of drug-likeness (QED) is 0.518. The standard InChI is InChI=1S/C6H11O5P/c1-3-11-12(9,10)4-5(2)6(7)8/h4H,3H2,1-2H3,(H,7,8)(H,9,10). The van der Waals surface area contributed by atoms with Gasteiger partial charge in [0.15, 0.2) is 0 Å². The van der Waals surface area contributed by atoms with Crippen LogP contribution in [0.1, 0.15) is 13.8 Å². The van der Waals surface area contributed by atoms with Crippen LogP contribution in [0, 0.1) is 0 Å². The van der Waals surface area contributed by atoms with Crippen LogP contribution in [0.4, 0.5) is 0 Å². The average Bonchev–Trinajstić information content (AvgIpc) is 1.85. The molecule has 0 heterocycles. The molecule has 0 spiro atoms. The highest BCUT2D eigenvalue weighted by Crippen LogP contribution is 2.44. The Morgan fingerprint density at radius 2 is 2.17 bits per heavy atom. The largest absolute Gasteiger partial charge is 0.478 e. The number of rotatable bonds is 4. The van der Waals surface area contributed by atoms with Gasteiger partial charge in [-0.1, -0.05) is 0 Å². The molecule has 2 N–H and O–H groups in total. The molecule has 0 saturated carbocycles. The molecule has 0 aliphatic heterocycles. The van der Waals surface area contributed by atoms with E-state index in [-0.39, 0.29) is 12.2 Å². The Balaban J connectivity index is 4.50. The lowest BCUT2D eigenvalue weighted by molar-refractivity contribution is -0.132. The summed E-state index contributed by atoms with van der Waals surface area (Å²) in [5.41, 5.74) is -0.200. The summed E-state index contributed by atoms with van der Waals surface area (Å²) in [5, 5.41) is 8.36. The zero-order valence-electron chi connectivity index (χ0n) is 6.85. The van der Waals surface area contributed by atoms with Crippen LogP contribution < -0.4 is 0 Å². The maximum absolute atomic E-state index is 10.9. The molecule has 0 rings (SSSR count). The first-order valence-corrected chi connectivity index (χ1v) is 4.93. The van der Waals surface area contributed by atoms with Crippen molar-refractivity contribution in [2.24, 2.45) is 0 Å². The van der Waals surface area contributed by atoms with Crippen LogP contribution in [0.2, 0.25) is 0 Å². The van der Waals surface area contributed by atoms with E-state index in [0.717, 1.165) is 5.82 Å². The smallest absolute Gasteiger partial charge is 0.352 e. The fourth-order valence-electron chi connectivity index (χ4n) is 0.522. The van der Waals surface area contributed by atoms with Gasteiger partial charge in [0.1, 0.15) is 0 Å². The summed E-state index contributed by atoms with van der Waals surface area (Å²) < 4.78 is 15.3. The highest BCUT2D eigenvalue weighted by Gasteiger charge is 2.16. The lowest BCUT2D eigenvalue weighted by Crippen LogP contribution is -1.97. The Morgan fingerprint density at radius 1 is 1.67 bits per heavy atom.